The van der Waals surface area contributed by atoms with Crippen molar-refractivity contribution in [2.24, 2.45) is 0 Å². The molecule has 0 spiro atoms. The third-order valence-corrected chi connectivity index (χ3v) is 5.81. The van der Waals surface area contributed by atoms with Gasteiger partial charge in [0.1, 0.15) is 0 Å². The first-order chi connectivity index (χ1) is 13.3. The number of ether oxygens (including phenoxy) is 1. The molecule has 2 aromatic carbocycles. The lowest BCUT2D eigenvalue weighted by Crippen LogP contribution is -2.38. The summed E-state index contributed by atoms with van der Waals surface area (Å²) in [5, 5.41) is 10.0. The van der Waals surface area contributed by atoms with E-state index >= 15 is 0 Å². The Labute approximate surface area is 164 Å². The number of nitrogens with zero attached hydrogens (tertiary/aromatic N) is 4. The minimum Gasteiger partial charge on any atom is -0.378 e. The average molecular weight is 381 g/mol. The third kappa shape index (κ3) is 4.34. The molecule has 4 rings (SSSR count). The van der Waals surface area contributed by atoms with Gasteiger partial charge in [-0.25, -0.2) is 0 Å². The van der Waals surface area contributed by atoms with Gasteiger partial charge in [0.2, 0.25) is 5.95 Å². The summed E-state index contributed by atoms with van der Waals surface area (Å²) in [6.07, 6.45) is 0. The molecule has 1 saturated heterocycles. The van der Waals surface area contributed by atoms with Gasteiger partial charge in [-0.2, -0.15) is 0 Å². The number of hydrogen-bond acceptors (Lipinski definition) is 5. The number of aromatic nitrogens is 3. The van der Waals surface area contributed by atoms with Gasteiger partial charge in [-0.1, -0.05) is 66.4 Å². The van der Waals surface area contributed by atoms with Crippen LogP contribution in [-0.4, -0.2) is 41.1 Å². The van der Waals surface area contributed by atoms with Crippen LogP contribution >= 0.6 is 11.8 Å². The number of benzene rings is 2. The second-order valence-corrected chi connectivity index (χ2v) is 7.61. The number of hydrogen-bond donors (Lipinski definition) is 0. The SMILES string of the molecule is Cc1ccccc1CSc1nnc(N2CCOCC2)n1Cc1ccccc1. The Morgan fingerprint density at radius 1 is 0.963 bits per heavy atom. The summed E-state index contributed by atoms with van der Waals surface area (Å²) in [5.74, 6) is 1.83. The van der Waals surface area contributed by atoms with Crippen LogP contribution in [0.4, 0.5) is 5.95 Å². The van der Waals surface area contributed by atoms with E-state index in [0.717, 1.165) is 49.7 Å². The van der Waals surface area contributed by atoms with E-state index in [0.29, 0.717) is 0 Å². The van der Waals surface area contributed by atoms with Gasteiger partial charge >= 0.3 is 0 Å². The molecule has 0 radical (unpaired) electrons. The predicted octanol–water partition coefficient (Wildman–Crippen LogP) is 3.76. The molecule has 1 fully saturated rings. The highest BCUT2D eigenvalue weighted by Gasteiger charge is 2.21. The molecule has 0 amide bonds. The average Bonchev–Trinajstić information content (AvgIpc) is 3.11. The quantitative estimate of drug-likeness (QED) is 0.609. The van der Waals surface area contributed by atoms with Gasteiger partial charge in [0.25, 0.3) is 0 Å². The van der Waals surface area contributed by atoms with Crippen LogP contribution < -0.4 is 4.90 Å². The van der Waals surface area contributed by atoms with Gasteiger partial charge in [0.15, 0.2) is 5.16 Å². The zero-order valence-corrected chi connectivity index (χ0v) is 16.4. The first-order valence-corrected chi connectivity index (χ1v) is 10.3. The Kier molecular flexibility index (Phi) is 5.75. The molecule has 27 heavy (non-hydrogen) atoms. The van der Waals surface area contributed by atoms with Crippen LogP contribution in [0.2, 0.25) is 0 Å². The van der Waals surface area contributed by atoms with E-state index in [-0.39, 0.29) is 0 Å². The fourth-order valence-corrected chi connectivity index (χ4v) is 4.21. The molecule has 0 N–H and O–H groups in total. The van der Waals surface area contributed by atoms with Crippen LogP contribution in [0.3, 0.4) is 0 Å². The first-order valence-electron chi connectivity index (χ1n) is 9.28. The lowest BCUT2D eigenvalue weighted by Gasteiger charge is -2.28. The molecule has 0 aliphatic carbocycles. The molecular weight excluding hydrogens is 356 g/mol. The van der Waals surface area contributed by atoms with Crippen molar-refractivity contribution in [3.63, 3.8) is 0 Å². The van der Waals surface area contributed by atoms with Gasteiger partial charge < -0.3 is 9.64 Å². The third-order valence-electron chi connectivity index (χ3n) is 4.79. The maximum Gasteiger partial charge on any atom is 0.228 e. The Bertz CT molecular complexity index is 875. The summed E-state index contributed by atoms with van der Waals surface area (Å²) in [6, 6.07) is 19.0. The Balaban J connectivity index is 1.60. The van der Waals surface area contributed by atoms with Crippen LogP contribution in [0.5, 0.6) is 0 Å². The molecule has 140 valence electrons. The smallest absolute Gasteiger partial charge is 0.228 e. The Morgan fingerprint density at radius 3 is 2.48 bits per heavy atom. The van der Waals surface area contributed by atoms with Crippen LogP contribution in [0.1, 0.15) is 16.7 Å². The van der Waals surface area contributed by atoms with E-state index in [1.165, 1.54) is 16.7 Å². The van der Waals surface area contributed by atoms with Crippen LogP contribution in [-0.2, 0) is 17.0 Å². The van der Waals surface area contributed by atoms with E-state index in [2.05, 4.69) is 75.1 Å². The van der Waals surface area contributed by atoms with Crippen LogP contribution in [0.25, 0.3) is 0 Å². The number of rotatable bonds is 6. The first kappa shape index (κ1) is 18.1. The molecule has 1 aromatic heterocycles. The molecule has 0 saturated carbocycles. The number of thioether (sulfide) groups is 1. The Morgan fingerprint density at radius 2 is 1.70 bits per heavy atom. The second kappa shape index (κ2) is 8.59. The van der Waals surface area contributed by atoms with Gasteiger partial charge in [-0.05, 0) is 23.6 Å². The molecule has 1 aliphatic rings. The topological polar surface area (TPSA) is 43.2 Å². The number of morpholine rings is 1. The summed E-state index contributed by atoms with van der Waals surface area (Å²) < 4.78 is 7.74. The van der Waals surface area contributed by atoms with Crippen molar-refractivity contribution in [2.45, 2.75) is 24.4 Å². The van der Waals surface area contributed by atoms with Crippen molar-refractivity contribution in [2.75, 3.05) is 31.2 Å². The number of anilines is 1. The maximum absolute atomic E-state index is 5.50. The van der Waals surface area contributed by atoms with Gasteiger partial charge in [0, 0.05) is 18.8 Å². The highest BCUT2D eigenvalue weighted by Crippen LogP contribution is 2.27. The molecule has 2 heterocycles. The minimum absolute atomic E-state index is 0.740. The van der Waals surface area contributed by atoms with E-state index in [4.69, 9.17) is 4.74 Å². The molecule has 0 atom stereocenters. The number of aryl methyl sites for hydroxylation is 1. The van der Waals surface area contributed by atoms with E-state index in [1.807, 2.05) is 6.07 Å². The van der Waals surface area contributed by atoms with Crippen molar-refractivity contribution in [3.8, 4) is 0 Å². The van der Waals surface area contributed by atoms with Crippen molar-refractivity contribution in [3.05, 3.63) is 71.3 Å². The second-order valence-electron chi connectivity index (χ2n) is 6.67. The lowest BCUT2D eigenvalue weighted by atomic mass is 10.1. The van der Waals surface area contributed by atoms with E-state index in [9.17, 15) is 0 Å². The monoisotopic (exact) mass is 380 g/mol. The zero-order valence-electron chi connectivity index (χ0n) is 15.5. The lowest BCUT2D eigenvalue weighted by molar-refractivity contribution is 0.121. The summed E-state index contributed by atoms with van der Waals surface area (Å²) in [5.41, 5.74) is 3.90. The van der Waals surface area contributed by atoms with Crippen LogP contribution in [0, 0.1) is 6.92 Å². The maximum atomic E-state index is 5.50. The molecular formula is C21H24N4OS. The molecule has 5 nitrogen and oxygen atoms in total. The molecule has 1 aliphatic heterocycles. The molecule has 0 bridgehead atoms. The van der Waals surface area contributed by atoms with Crippen LogP contribution in [0.15, 0.2) is 59.8 Å². The molecule has 6 heteroatoms. The van der Waals surface area contributed by atoms with Crippen molar-refractivity contribution in [1.82, 2.24) is 14.8 Å². The largest absolute Gasteiger partial charge is 0.378 e. The zero-order chi connectivity index (χ0) is 18.5. The fourth-order valence-electron chi connectivity index (χ4n) is 3.20. The summed E-state index contributed by atoms with van der Waals surface area (Å²) in [7, 11) is 0. The predicted molar refractivity (Wildman–Crippen MR) is 109 cm³/mol. The van der Waals surface area contributed by atoms with Crippen molar-refractivity contribution < 1.29 is 4.74 Å². The van der Waals surface area contributed by atoms with Gasteiger partial charge in [0.05, 0.1) is 19.8 Å². The molecule has 3 aromatic rings. The standard InChI is InChI=1S/C21H24N4OS/c1-17-7-5-6-10-19(17)16-27-21-23-22-20(24-11-13-26-14-12-24)25(21)15-18-8-3-2-4-9-18/h2-10H,11-16H2,1H3. The highest BCUT2D eigenvalue weighted by atomic mass is 32.2. The van der Waals surface area contributed by atoms with E-state index < -0.39 is 0 Å². The van der Waals surface area contributed by atoms with Crippen molar-refractivity contribution >= 4 is 17.7 Å². The summed E-state index contributed by atoms with van der Waals surface area (Å²) >= 11 is 1.75. The van der Waals surface area contributed by atoms with Gasteiger partial charge in [-0.15, -0.1) is 10.2 Å². The normalized spacial score (nSPS) is 14.5. The highest BCUT2D eigenvalue weighted by molar-refractivity contribution is 7.98. The fraction of sp³-hybridized carbons (Fsp3) is 0.333. The Hall–Kier alpha value is -2.31. The van der Waals surface area contributed by atoms with Crippen molar-refractivity contribution in [1.29, 1.82) is 0 Å². The van der Waals surface area contributed by atoms with Gasteiger partial charge in [-0.3, -0.25) is 4.57 Å². The molecule has 0 unspecified atom stereocenters. The summed E-state index contributed by atoms with van der Waals surface area (Å²) in [6.45, 7) is 6.12. The minimum atomic E-state index is 0.740. The summed E-state index contributed by atoms with van der Waals surface area (Å²) in [4.78, 5) is 2.28. The van der Waals surface area contributed by atoms with E-state index in [1.54, 1.807) is 11.8 Å².